The molecule has 0 atom stereocenters. The van der Waals surface area contributed by atoms with E-state index in [1.807, 2.05) is 26.8 Å². The first-order chi connectivity index (χ1) is 10.2. The summed E-state index contributed by atoms with van der Waals surface area (Å²) in [5.41, 5.74) is 6.99. The van der Waals surface area contributed by atoms with Gasteiger partial charge in [-0.15, -0.1) is 0 Å². The lowest BCUT2D eigenvalue weighted by Gasteiger charge is -2.37. The van der Waals surface area contributed by atoms with Gasteiger partial charge in [-0.25, -0.2) is 4.79 Å². The molecule has 122 valence electrons. The molecule has 0 spiro atoms. The van der Waals surface area contributed by atoms with Crippen LogP contribution in [0.4, 0.5) is 16.2 Å². The lowest BCUT2D eigenvalue weighted by Crippen LogP contribution is -2.50. The Balaban J connectivity index is 2.01. The normalized spacial score (nSPS) is 15.9. The Morgan fingerprint density at radius 1 is 1.27 bits per heavy atom. The molecule has 1 fully saturated rings. The minimum Gasteiger partial charge on any atom is -0.444 e. The zero-order valence-electron chi connectivity index (χ0n) is 13.0. The van der Waals surface area contributed by atoms with E-state index in [2.05, 4.69) is 20.8 Å². The van der Waals surface area contributed by atoms with Gasteiger partial charge in [-0.3, -0.25) is 0 Å². The lowest BCUT2D eigenvalue weighted by molar-refractivity contribution is 0.0240. The Bertz CT molecular complexity index is 567. The van der Waals surface area contributed by atoms with Crippen molar-refractivity contribution in [2.75, 3.05) is 36.8 Å². The molecule has 1 heterocycles. The predicted octanol–water partition coefficient (Wildman–Crippen LogP) is 3.74. The second-order valence-electron chi connectivity index (χ2n) is 6.28. The van der Waals surface area contributed by atoms with E-state index in [1.54, 1.807) is 11.0 Å². The van der Waals surface area contributed by atoms with Gasteiger partial charge in [0.25, 0.3) is 0 Å². The average molecular weight is 391 g/mol. The molecule has 0 aromatic heterocycles. The molecule has 22 heavy (non-hydrogen) atoms. The molecule has 0 aliphatic carbocycles. The maximum absolute atomic E-state index is 12.1. The minimum absolute atomic E-state index is 0.270. The standard InChI is InChI=1S/C15H21BrClN3O2/c1-15(2,3)22-14(21)20-6-4-19(5-7-20)13-9-12(18)10(16)8-11(13)17/h8-9H,4-7,18H2,1-3H3. The third-order valence-corrected chi connectivity index (χ3v) is 4.33. The molecule has 1 aromatic carbocycles. The molecule has 1 amide bonds. The number of carbonyl (C=O) groups excluding carboxylic acids is 1. The van der Waals surface area contributed by atoms with Gasteiger partial charge in [0.2, 0.25) is 0 Å². The highest BCUT2D eigenvalue weighted by atomic mass is 79.9. The molecular weight excluding hydrogens is 370 g/mol. The second kappa shape index (κ2) is 6.54. The third-order valence-electron chi connectivity index (χ3n) is 3.34. The average Bonchev–Trinajstić information content (AvgIpc) is 2.41. The Hall–Kier alpha value is -1.14. The molecule has 0 radical (unpaired) electrons. The first-order valence-electron chi connectivity index (χ1n) is 7.15. The zero-order valence-corrected chi connectivity index (χ0v) is 15.4. The third kappa shape index (κ3) is 4.20. The number of piperazine rings is 1. The number of nitrogen functional groups attached to an aromatic ring is 1. The van der Waals surface area contributed by atoms with Crippen molar-refractivity contribution < 1.29 is 9.53 Å². The van der Waals surface area contributed by atoms with Gasteiger partial charge >= 0.3 is 6.09 Å². The highest BCUT2D eigenvalue weighted by molar-refractivity contribution is 9.10. The predicted molar refractivity (Wildman–Crippen MR) is 93.6 cm³/mol. The summed E-state index contributed by atoms with van der Waals surface area (Å²) in [4.78, 5) is 15.9. The van der Waals surface area contributed by atoms with Crippen LogP contribution in [0.25, 0.3) is 0 Å². The van der Waals surface area contributed by atoms with Crippen molar-refractivity contribution in [3.8, 4) is 0 Å². The fourth-order valence-corrected chi connectivity index (χ4v) is 3.01. The molecule has 2 N–H and O–H groups in total. The van der Waals surface area contributed by atoms with Crippen LogP contribution in [-0.2, 0) is 4.74 Å². The Morgan fingerprint density at radius 2 is 1.86 bits per heavy atom. The van der Waals surface area contributed by atoms with Crippen molar-refractivity contribution in [2.24, 2.45) is 0 Å². The minimum atomic E-state index is -0.475. The van der Waals surface area contributed by atoms with Crippen molar-refractivity contribution in [3.63, 3.8) is 0 Å². The molecule has 1 aliphatic heterocycles. The number of nitrogens with zero attached hydrogens (tertiary/aromatic N) is 2. The van der Waals surface area contributed by atoms with Gasteiger partial charge < -0.3 is 20.3 Å². The molecule has 5 nitrogen and oxygen atoms in total. The number of nitrogens with two attached hydrogens (primary N) is 1. The summed E-state index contributed by atoms with van der Waals surface area (Å²) >= 11 is 9.65. The highest BCUT2D eigenvalue weighted by Crippen LogP contribution is 2.34. The van der Waals surface area contributed by atoms with E-state index in [0.29, 0.717) is 36.9 Å². The summed E-state index contributed by atoms with van der Waals surface area (Å²) < 4.78 is 6.18. The lowest BCUT2D eigenvalue weighted by atomic mass is 10.2. The van der Waals surface area contributed by atoms with Crippen molar-refractivity contribution in [2.45, 2.75) is 26.4 Å². The van der Waals surface area contributed by atoms with Gasteiger partial charge in [0.15, 0.2) is 0 Å². The van der Waals surface area contributed by atoms with Crippen LogP contribution in [0.1, 0.15) is 20.8 Å². The SMILES string of the molecule is CC(C)(C)OC(=O)N1CCN(c2cc(N)c(Br)cc2Cl)CC1. The Morgan fingerprint density at radius 3 is 2.41 bits per heavy atom. The monoisotopic (exact) mass is 389 g/mol. The zero-order chi connectivity index (χ0) is 16.5. The number of hydrogen-bond acceptors (Lipinski definition) is 4. The number of amides is 1. The van der Waals surface area contributed by atoms with Gasteiger partial charge in [0, 0.05) is 36.3 Å². The topological polar surface area (TPSA) is 58.8 Å². The van der Waals surface area contributed by atoms with Crippen LogP contribution in [-0.4, -0.2) is 42.8 Å². The first kappa shape index (κ1) is 17.2. The summed E-state index contributed by atoms with van der Waals surface area (Å²) in [5.74, 6) is 0. The molecule has 2 rings (SSSR count). The first-order valence-corrected chi connectivity index (χ1v) is 8.32. The van der Waals surface area contributed by atoms with Gasteiger partial charge in [-0.05, 0) is 48.8 Å². The molecule has 0 saturated carbocycles. The van der Waals surface area contributed by atoms with Gasteiger partial charge in [0.05, 0.1) is 10.7 Å². The van der Waals surface area contributed by atoms with Crippen LogP contribution < -0.4 is 10.6 Å². The van der Waals surface area contributed by atoms with Crippen molar-refractivity contribution in [1.82, 2.24) is 4.90 Å². The van der Waals surface area contributed by atoms with E-state index in [4.69, 9.17) is 22.1 Å². The molecule has 1 saturated heterocycles. The van der Waals surface area contributed by atoms with Crippen LogP contribution in [0.2, 0.25) is 5.02 Å². The van der Waals surface area contributed by atoms with Gasteiger partial charge in [-0.1, -0.05) is 11.6 Å². The number of anilines is 2. The van der Waals surface area contributed by atoms with Crippen molar-refractivity contribution in [3.05, 3.63) is 21.6 Å². The largest absolute Gasteiger partial charge is 0.444 e. The van der Waals surface area contributed by atoms with E-state index in [1.165, 1.54) is 0 Å². The van der Waals surface area contributed by atoms with Crippen LogP contribution in [0.5, 0.6) is 0 Å². The Labute approximate surface area is 144 Å². The molecule has 1 aromatic rings. The second-order valence-corrected chi connectivity index (χ2v) is 7.54. The molecule has 1 aliphatic rings. The van der Waals surface area contributed by atoms with E-state index in [0.717, 1.165) is 10.2 Å². The quantitative estimate of drug-likeness (QED) is 0.742. The molecule has 0 bridgehead atoms. The summed E-state index contributed by atoms with van der Waals surface area (Å²) in [6.07, 6.45) is -0.270. The van der Waals surface area contributed by atoms with Crippen molar-refractivity contribution in [1.29, 1.82) is 0 Å². The molecule has 0 unspecified atom stereocenters. The summed E-state index contributed by atoms with van der Waals surface area (Å²) in [6, 6.07) is 3.65. The number of halogens is 2. The number of hydrogen-bond donors (Lipinski definition) is 1. The number of benzene rings is 1. The van der Waals surface area contributed by atoms with Crippen LogP contribution >= 0.6 is 27.5 Å². The molecular formula is C15H21BrClN3O2. The van der Waals surface area contributed by atoms with E-state index < -0.39 is 5.60 Å². The number of rotatable bonds is 1. The van der Waals surface area contributed by atoms with Crippen LogP contribution in [0.15, 0.2) is 16.6 Å². The Kier molecular flexibility index (Phi) is 5.12. The van der Waals surface area contributed by atoms with Crippen LogP contribution in [0.3, 0.4) is 0 Å². The number of ether oxygens (including phenoxy) is 1. The maximum atomic E-state index is 12.1. The summed E-state index contributed by atoms with van der Waals surface area (Å²) in [7, 11) is 0. The van der Waals surface area contributed by atoms with Crippen LogP contribution in [0, 0.1) is 0 Å². The maximum Gasteiger partial charge on any atom is 0.410 e. The van der Waals surface area contributed by atoms with E-state index >= 15 is 0 Å². The summed E-state index contributed by atoms with van der Waals surface area (Å²) in [6.45, 7) is 8.19. The van der Waals surface area contributed by atoms with E-state index in [-0.39, 0.29) is 6.09 Å². The smallest absolute Gasteiger partial charge is 0.410 e. The fraction of sp³-hybridized carbons (Fsp3) is 0.533. The van der Waals surface area contributed by atoms with E-state index in [9.17, 15) is 4.79 Å². The van der Waals surface area contributed by atoms with Crippen molar-refractivity contribution >= 4 is 45.0 Å². The van der Waals surface area contributed by atoms with Gasteiger partial charge in [0.1, 0.15) is 5.60 Å². The molecule has 7 heteroatoms. The van der Waals surface area contributed by atoms with Gasteiger partial charge in [-0.2, -0.15) is 0 Å². The highest BCUT2D eigenvalue weighted by Gasteiger charge is 2.26. The number of carbonyl (C=O) groups is 1. The fourth-order valence-electron chi connectivity index (χ4n) is 2.25. The summed E-state index contributed by atoms with van der Waals surface area (Å²) in [5, 5.41) is 0.645.